The molecule has 2 rings (SSSR count). The largest absolute Gasteiger partial charge is 0.381 e. The van der Waals surface area contributed by atoms with Gasteiger partial charge in [-0.2, -0.15) is 5.10 Å². The summed E-state index contributed by atoms with van der Waals surface area (Å²) < 4.78 is 7.18. The summed E-state index contributed by atoms with van der Waals surface area (Å²) in [5, 5.41) is 4.30. The van der Waals surface area contributed by atoms with E-state index in [-0.39, 0.29) is 0 Å². The molecule has 1 aromatic heterocycles. The molecule has 1 aliphatic heterocycles. The van der Waals surface area contributed by atoms with Gasteiger partial charge in [-0.15, -0.1) is 0 Å². The van der Waals surface area contributed by atoms with Crippen molar-refractivity contribution < 1.29 is 4.74 Å². The molecule has 3 heteroatoms. The summed E-state index contributed by atoms with van der Waals surface area (Å²) in [5.74, 6) is 0.683. The molecule has 0 bridgehead atoms. The standard InChI is InChI=1S/C9H14N2O.C2H6/c1-7-3-10-11(8(7)2)4-9-5-12-6-9;1-2/h3,9H,4-6H2,1-2H3;1-2H3. The van der Waals surface area contributed by atoms with Gasteiger partial charge in [0.25, 0.3) is 0 Å². The van der Waals surface area contributed by atoms with Gasteiger partial charge in [0.1, 0.15) is 0 Å². The van der Waals surface area contributed by atoms with Crippen LogP contribution in [0.1, 0.15) is 25.1 Å². The van der Waals surface area contributed by atoms with E-state index in [9.17, 15) is 0 Å². The van der Waals surface area contributed by atoms with E-state index < -0.39 is 0 Å². The minimum absolute atomic E-state index is 0.683. The minimum Gasteiger partial charge on any atom is -0.381 e. The second-order valence-electron chi connectivity index (χ2n) is 3.50. The molecule has 0 radical (unpaired) electrons. The summed E-state index contributed by atoms with van der Waals surface area (Å²) >= 11 is 0. The zero-order valence-corrected chi connectivity index (χ0v) is 9.58. The summed E-state index contributed by atoms with van der Waals surface area (Å²) in [6.07, 6.45) is 1.93. The first-order valence-corrected chi connectivity index (χ1v) is 5.34. The average molecular weight is 196 g/mol. The molecule has 1 saturated heterocycles. The minimum atomic E-state index is 0.683. The fourth-order valence-corrected chi connectivity index (χ4v) is 1.36. The van der Waals surface area contributed by atoms with Crippen LogP contribution in [0.15, 0.2) is 6.20 Å². The first-order chi connectivity index (χ1) is 6.77. The molecule has 0 saturated carbocycles. The van der Waals surface area contributed by atoms with Crippen molar-refractivity contribution in [3.63, 3.8) is 0 Å². The van der Waals surface area contributed by atoms with Crippen molar-refractivity contribution in [3.05, 3.63) is 17.5 Å². The highest BCUT2D eigenvalue weighted by atomic mass is 16.5. The molecule has 0 aromatic carbocycles. The molecule has 80 valence electrons. The van der Waals surface area contributed by atoms with Gasteiger partial charge >= 0.3 is 0 Å². The van der Waals surface area contributed by atoms with Crippen molar-refractivity contribution in [2.75, 3.05) is 13.2 Å². The van der Waals surface area contributed by atoms with Crippen molar-refractivity contribution in [1.29, 1.82) is 0 Å². The highest BCUT2D eigenvalue weighted by Gasteiger charge is 2.19. The quantitative estimate of drug-likeness (QED) is 0.725. The Hall–Kier alpha value is -0.830. The van der Waals surface area contributed by atoms with Gasteiger partial charge in [0.15, 0.2) is 0 Å². The van der Waals surface area contributed by atoms with E-state index in [2.05, 4.69) is 23.6 Å². The molecule has 3 nitrogen and oxygen atoms in total. The van der Waals surface area contributed by atoms with E-state index in [1.165, 1.54) is 11.3 Å². The first kappa shape index (κ1) is 11.2. The van der Waals surface area contributed by atoms with Crippen molar-refractivity contribution in [3.8, 4) is 0 Å². The van der Waals surface area contributed by atoms with Gasteiger partial charge in [-0.1, -0.05) is 13.8 Å². The molecule has 14 heavy (non-hydrogen) atoms. The van der Waals surface area contributed by atoms with Crippen molar-refractivity contribution in [2.24, 2.45) is 5.92 Å². The number of rotatable bonds is 2. The summed E-state index contributed by atoms with van der Waals surface area (Å²) in [6, 6.07) is 0. The molecule has 0 atom stereocenters. The average Bonchev–Trinajstić information content (AvgIpc) is 2.45. The Morgan fingerprint density at radius 1 is 1.43 bits per heavy atom. The molecule has 1 fully saturated rings. The van der Waals surface area contributed by atoms with Crippen LogP contribution in [0.5, 0.6) is 0 Å². The van der Waals surface area contributed by atoms with Crippen LogP contribution in [0.25, 0.3) is 0 Å². The van der Waals surface area contributed by atoms with Gasteiger partial charge in [0.05, 0.1) is 19.4 Å². The van der Waals surface area contributed by atoms with Gasteiger partial charge in [-0.25, -0.2) is 0 Å². The second-order valence-corrected chi connectivity index (χ2v) is 3.50. The zero-order valence-electron chi connectivity index (χ0n) is 9.58. The molecule has 1 aliphatic rings. The normalized spacial score (nSPS) is 15.7. The predicted molar refractivity (Wildman–Crippen MR) is 57.4 cm³/mol. The van der Waals surface area contributed by atoms with Crippen LogP contribution < -0.4 is 0 Å². The highest BCUT2D eigenvalue weighted by Crippen LogP contribution is 2.14. The smallest absolute Gasteiger partial charge is 0.0534 e. The maximum Gasteiger partial charge on any atom is 0.0534 e. The third-order valence-electron chi connectivity index (χ3n) is 2.49. The lowest BCUT2D eigenvalue weighted by Crippen LogP contribution is -2.32. The molecule has 0 spiro atoms. The van der Waals surface area contributed by atoms with E-state index >= 15 is 0 Å². The topological polar surface area (TPSA) is 27.1 Å². The molecule has 0 unspecified atom stereocenters. The third kappa shape index (κ3) is 2.35. The van der Waals surface area contributed by atoms with Crippen LogP contribution in [0, 0.1) is 19.8 Å². The van der Waals surface area contributed by atoms with Crippen LogP contribution in [0.4, 0.5) is 0 Å². The summed E-state index contributed by atoms with van der Waals surface area (Å²) in [4.78, 5) is 0. The first-order valence-electron chi connectivity index (χ1n) is 5.34. The van der Waals surface area contributed by atoms with Gasteiger partial charge in [0, 0.05) is 18.2 Å². The van der Waals surface area contributed by atoms with Crippen molar-refractivity contribution >= 4 is 0 Å². The molecule has 0 N–H and O–H groups in total. The Kier molecular flexibility index (Phi) is 4.14. The summed E-state index contributed by atoms with van der Waals surface area (Å²) in [7, 11) is 0. The Bertz CT molecular complexity index is 277. The van der Waals surface area contributed by atoms with Crippen LogP contribution in [-0.2, 0) is 11.3 Å². The summed E-state index contributed by atoms with van der Waals surface area (Å²) in [5.41, 5.74) is 2.55. The molecule has 0 amide bonds. The van der Waals surface area contributed by atoms with Gasteiger partial charge in [-0.3, -0.25) is 4.68 Å². The Labute approximate surface area is 86.1 Å². The molecule has 0 aliphatic carbocycles. The Morgan fingerprint density at radius 3 is 2.43 bits per heavy atom. The third-order valence-corrected chi connectivity index (χ3v) is 2.49. The maximum atomic E-state index is 5.11. The predicted octanol–water partition coefficient (Wildman–Crippen LogP) is 2.17. The lowest BCUT2D eigenvalue weighted by molar-refractivity contribution is -0.0410. The van der Waals surface area contributed by atoms with E-state index in [0.29, 0.717) is 5.92 Å². The fraction of sp³-hybridized carbons (Fsp3) is 0.727. The monoisotopic (exact) mass is 196 g/mol. The van der Waals surface area contributed by atoms with Gasteiger partial charge in [0.2, 0.25) is 0 Å². The summed E-state index contributed by atoms with van der Waals surface area (Å²) in [6.45, 7) is 11.0. The van der Waals surface area contributed by atoms with Crippen LogP contribution in [-0.4, -0.2) is 23.0 Å². The van der Waals surface area contributed by atoms with Crippen molar-refractivity contribution in [1.82, 2.24) is 9.78 Å². The van der Waals surface area contributed by atoms with E-state index in [1.54, 1.807) is 0 Å². The number of ether oxygens (including phenoxy) is 1. The van der Waals surface area contributed by atoms with Crippen molar-refractivity contribution in [2.45, 2.75) is 34.2 Å². The van der Waals surface area contributed by atoms with E-state index in [0.717, 1.165) is 19.8 Å². The number of hydrogen-bond donors (Lipinski definition) is 0. The number of aryl methyl sites for hydroxylation is 1. The Balaban J connectivity index is 0.000000461. The molecule has 2 heterocycles. The van der Waals surface area contributed by atoms with Gasteiger partial charge in [-0.05, 0) is 19.4 Å². The molecular formula is C11H20N2O. The number of aromatic nitrogens is 2. The van der Waals surface area contributed by atoms with E-state index in [4.69, 9.17) is 4.74 Å². The Morgan fingerprint density at radius 2 is 2.07 bits per heavy atom. The van der Waals surface area contributed by atoms with Crippen LogP contribution in [0.3, 0.4) is 0 Å². The van der Waals surface area contributed by atoms with Crippen LogP contribution in [0.2, 0.25) is 0 Å². The van der Waals surface area contributed by atoms with Crippen LogP contribution >= 0.6 is 0 Å². The number of nitrogens with zero attached hydrogens (tertiary/aromatic N) is 2. The van der Waals surface area contributed by atoms with Gasteiger partial charge < -0.3 is 4.74 Å². The fourth-order valence-electron chi connectivity index (χ4n) is 1.36. The molecular weight excluding hydrogens is 176 g/mol. The maximum absolute atomic E-state index is 5.11. The highest BCUT2D eigenvalue weighted by molar-refractivity contribution is 5.13. The molecule has 1 aromatic rings. The number of hydrogen-bond acceptors (Lipinski definition) is 2. The van der Waals surface area contributed by atoms with E-state index in [1.807, 2.05) is 20.0 Å². The lowest BCUT2D eigenvalue weighted by Gasteiger charge is -2.26. The zero-order chi connectivity index (χ0) is 10.6. The lowest BCUT2D eigenvalue weighted by atomic mass is 10.1. The SMILES string of the molecule is CC.Cc1cnn(CC2COC2)c1C. The second kappa shape index (κ2) is 5.15.